The molecule has 0 N–H and O–H groups in total. The van der Waals surface area contributed by atoms with Crippen molar-refractivity contribution in [1.82, 2.24) is 4.58 Å². The van der Waals surface area contributed by atoms with E-state index in [9.17, 15) is 0 Å². The van der Waals surface area contributed by atoms with Gasteiger partial charge in [-0.25, -0.2) is 18.6 Å². The van der Waals surface area contributed by atoms with Crippen molar-refractivity contribution >= 4 is 29.0 Å². The van der Waals surface area contributed by atoms with E-state index in [2.05, 4.69) is 125 Å². The summed E-state index contributed by atoms with van der Waals surface area (Å²) in [5.74, 6) is 0. The van der Waals surface area contributed by atoms with Gasteiger partial charge in [-0.1, -0.05) is 72.8 Å². The average molecular weight is 475 g/mol. The van der Waals surface area contributed by atoms with Crippen molar-refractivity contribution in [3.05, 3.63) is 134 Å². The fourth-order valence-electron chi connectivity index (χ4n) is 3.21. The van der Waals surface area contributed by atoms with Gasteiger partial charge >= 0.3 is 0 Å². The van der Waals surface area contributed by atoms with Crippen LogP contribution in [0.4, 0.5) is 22.7 Å². The highest BCUT2D eigenvalue weighted by Gasteiger charge is 2.11. The third-order valence-corrected chi connectivity index (χ3v) is 4.61. The highest BCUT2D eigenvalue weighted by atomic mass is 35.7. The first-order chi connectivity index (χ1) is 16.4. The summed E-state index contributed by atoms with van der Waals surface area (Å²) in [4.78, 5) is 2.19. The Balaban J connectivity index is 0.000000588. The van der Waals surface area contributed by atoms with Crippen LogP contribution in [0.1, 0.15) is 0 Å². The predicted octanol–water partition coefficient (Wildman–Crippen LogP) is 2.19. The van der Waals surface area contributed by atoms with Crippen LogP contribution in [0.2, 0.25) is 0 Å². The van der Waals surface area contributed by atoms with E-state index in [0.29, 0.717) is 0 Å². The van der Waals surface area contributed by atoms with Gasteiger partial charge < -0.3 is 4.90 Å². The maximum Gasteiger partial charge on any atom is 0.211 e. The van der Waals surface area contributed by atoms with Crippen molar-refractivity contribution in [3.63, 3.8) is 0 Å². The Morgan fingerprint density at radius 1 is 0.529 bits per heavy atom. The second-order valence-electron chi connectivity index (χ2n) is 6.95. The molecule has 0 fully saturated rings. The molecule has 34 heavy (non-hydrogen) atoms. The summed E-state index contributed by atoms with van der Waals surface area (Å²) in [5.41, 5.74) is 4.48. The highest BCUT2D eigenvalue weighted by Crippen LogP contribution is 2.25. The molecule has 6 nitrogen and oxygen atoms in total. The molecule has 0 radical (unpaired) electrons. The van der Waals surface area contributed by atoms with Gasteiger partial charge in [0.15, 0.2) is 6.21 Å². The van der Waals surface area contributed by atoms with E-state index in [1.807, 2.05) is 24.3 Å². The minimum absolute atomic E-state index is 1.12. The topological polar surface area (TPSA) is 98.5 Å². The standard InChI is InChI=1S/C27H23N2.ClHO4/c1-5-14-24(15-6-1)28(25-16-7-2-8-17-25)22-13-23-29(26-18-9-3-10-19-26)27-20-11-4-12-21-27;2-1(3,4)5/h1-23H;(H,2,3,4,5)/q+1;/p-1. The van der Waals surface area contributed by atoms with Crippen LogP contribution in [0, 0.1) is 10.2 Å². The Morgan fingerprint density at radius 3 is 1.21 bits per heavy atom. The van der Waals surface area contributed by atoms with E-state index in [1.54, 1.807) is 0 Å². The van der Waals surface area contributed by atoms with Gasteiger partial charge in [-0.15, -0.1) is 10.2 Å². The van der Waals surface area contributed by atoms with Gasteiger partial charge in [-0.2, -0.15) is 4.58 Å². The fourth-order valence-corrected chi connectivity index (χ4v) is 3.21. The van der Waals surface area contributed by atoms with Crippen molar-refractivity contribution in [3.8, 4) is 0 Å². The lowest BCUT2D eigenvalue weighted by molar-refractivity contribution is -2.00. The number of para-hydroxylation sites is 4. The molecular weight excluding hydrogens is 452 g/mol. The van der Waals surface area contributed by atoms with Crippen LogP contribution in [0.5, 0.6) is 0 Å². The highest BCUT2D eigenvalue weighted by molar-refractivity contribution is 5.81. The van der Waals surface area contributed by atoms with E-state index in [0.717, 1.165) is 22.7 Å². The van der Waals surface area contributed by atoms with Crippen LogP contribution >= 0.6 is 0 Å². The largest absolute Gasteiger partial charge is 0.317 e. The molecule has 0 bridgehead atoms. The Bertz CT molecular complexity index is 1090. The zero-order valence-corrected chi connectivity index (χ0v) is 18.9. The molecule has 0 saturated carbocycles. The molecule has 0 heterocycles. The number of anilines is 2. The van der Waals surface area contributed by atoms with Gasteiger partial charge in [0, 0.05) is 47.9 Å². The van der Waals surface area contributed by atoms with Gasteiger partial charge in [0.25, 0.3) is 0 Å². The first kappa shape index (κ1) is 24.9. The van der Waals surface area contributed by atoms with Gasteiger partial charge in [-0.05, 0) is 24.3 Å². The lowest BCUT2D eigenvalue weighted by Crippen LogP contribution is -2.68. The van der Waals surface area contributed by atoms with E-state index in [-0.39, 0.29) is 0 Å². The molecule has 0 aromatic heterocycles. The third-order valence-electron chi connectivity index (χ3n) is 4.61. The van der Waals surface area contributed by atoms with Crippen LogP contribution < -0.4 is 28.1 Å². The number of benzene rings is 4. The number of halogens is 1. The van der Waals surface area contributed by atoms with Crippen molar-refractivity contribution in [2.24, 2.45) is 0 Å². The summed E-state index contributed by atoms with van der Waals surface area (Å²) in [7, 11) is -4.94. The van der Waals surface area contributed by atoms with Crippen molar-refractivity contribution in [2.75, 3.05) is 4.90 Å². The summed E-state index contributed by atoms with van der Waals surface area (Å²) < 4.78 is 36.2. The second kappa shape index (κ2) is 12.5. The third kappa shape index (κ3) is 8.29. The molecule has 0 saturated heterocycles. The molecule has 4 rings (SSSR count). The van der Waals surface area contributed by atoms with E-state index < -0.39 is 10.2 Å². The molecule has 4 aromatic rings. The zero-order valence-electron chi connectivity index (χ0n) is 18.2. The summed E-state index contributed by atoms with van der Waals surface area (Å²) in [6.07, 6.45) is 6.28. The molecule has 0 aliphatic rings. The van der Waals surface area contributed by atoms with Gasteiger partial charge in [0.05, 0.1) is 0 Å². The van der Waals surface area contributed by atoms with Crippen molar-refractivity contribution < 1.29 is 28.9 Å². The van der Waals surface area contributed by atoms with Crippen molar-refractivity contribution in [1.29, 1.82) is 0 Å². The van der Waals surface area contributed by atoms with Crippen LogP contribution in [0.25, 0.3) is 0 Å². The quantitative estimate of drug-likeness (QED) is 0.315. The molecule has 0 unspecified atom stereocenters. The van der Waals surface area contributed by atoms with Crippen molar-refractivity contribution in [2.45, 2.75) is 0 Å². The smallest absolute Gasteiger partial charge is 0.211 e. The molecule has 7 heteroatoms. The minimum Gasteiger partial charge on any atom is -0.317 e. The van der Waals surface area contributed by atoms with E-state index in [1.165, 1.54) is 0 Å². The maximum absolute atomic E-state index is 8.49. The molecule has 0 spiro atoms. The van der Waals surface area contributed by atoms with Gasteiger partial charge in [0.2, 0.25) is 11.4 Å². The summed E-state index contributed by atoms with van der Waals surface area (Å²) in [5, 5.41) is 0. The summed E-state index contributed by atoms with van der Waals surface area (Å²) in [6, 6.07) is 41.5. The Kier molecular flexibility index (Phi) is 9.11. The minimum atomic E-state index is -4.94. The summed E-state index contributed by atoms with van der Waals surface area (Å²) in [6.45, 7) is 0. The number of rotatable bonds is 6. The first-order valence-corrected chi connectivity index (χ1v) is 11.6. The number of nitrogens with zero attached hydrogens (tertiary/aromatic N) is 2. The molecule has 4 aromatic carbocycles. The Hall–Kier alpha value is -3.78. The molecular formula is C27H23ClN2O4. The molecule has 0 aliphatic heterocycles. The lowest BCUT2D eigenvalue weighted by Gasteiger charge is -2.20. The van der Waals surface area contributed by atoms with Crippen LogP contribution in [0.15, 0.2) is 134 Å². The first-order valence-electron chi connectivity index (χ1n) is 10.3. The van der Waals surface area contributed by atoms with Gasteiger partial charge in [0.1, 0.15) is 0 Å². The second-order valence-corrected chi connectivity index (χ2v) is 7.71. The van der Waals surface area contributed by atoms with E-state index >= 15 is 0 Å². The number of hydrogen-bond acceptors (Lipinski definition) is 5. The fraction of sp³-hybridized carbons (Fsp3) is 0. The number of allylic oxidation sites excluding steroid dienone is 1. The molecule has 0 amide bonds. The van der Waals surface area contributed by atoms with Crippen LogP contribution in [0.3, 0.4) is 0 Å². The van der Waals surface area contributed by atoms with Crippen LogP contribution in [-0.2, 0) is 0 Å². The normalized spacial score (nSPS) is 10.8. The SMILES string of the molecule is C(/C=C/N(c1ccccc1)c1ccccc1)=[N+](c1ccccc1)c1ccccc1.[O-][Cl+3]([O-])([O-])[O-]. The molecule has 0 aliphatic carbocycles. The number of hydrogen-bond donors (Lipinski definition) is 0. The zero-order chi connectivity index (χ0) is 24.2. The monoisotopic (exact) mass is 474 g/mol. The maximum atomic E-state index is 8.49. The molecule has 0 atom stereocenters. The lowest BCUT2D eigenvalue weighted by atomic mass is 10.2. The molecule has 172 valence electrons. The van der Waals surface area contributed by atoms with Gasteiger partial charge in [-0.3, -0.25) is 0 Å². The summed E-state index contributed by atoms with van der Waals surface area (Å²) >= 11 is 0. The van der Waals surface area contributed by atoms with E-state index in [4.69, 9.17) is 18.6 Å². The Labute approximate surface area is 201 Å². The van der Waals surface area contributed by atoms with Crippen LogP contribution in [-0.4, -0.2) is 6.21 Å². The predicted molar refractivity (Wildman–Crippen MR) is 125 cm³/mol. The average Bonchev–Trinajstić information content (AvgIpc) is 2.85. The Morgan fingerprint density at radius 2 is 0.853 bits per heavy atom.